The van der Waals surface area contributed by atoms with Gasteiger partial charge in [0.15, 0.2) is 0 Å². The van der Waals surface area contributed by atoms with E-state index in [9.17, 15) is 14.4 Å². The van der Waals surface area contributed by atoms with E-state index in [1.165, 1.54) is 17.1 Å². The van der Waals surface area contributed by atoms with E-state index >= 15 is 0 Å². The summed E-state index contributed by atoms with van der Waals surface area (Å²) in [5.74, 6) is -1.64. The lowest BCUT2D eigenvalue weighted by atomic mass is 10.1. The zero-order valence-corrected chi connectivity index (χ0v) is 15.0. The summed E-state index contributed by atoms with van der Waals surface area (Å²) in [4.78, 5) is 35.5. The van der Waals surface area contributed by atoms with E-state index in [-0.39, 0.29) is 36.8 Å². The van der Waals surface area contributed by atoms with Crippen molar-refractivity contribution in [3.8, 4) is 0 Å². The van der Waals surface area contributed by atoms with Gasteiger partial charge in [0, 0.05) is 12.8 Å². The summed E-state index contributed by atoms with van der Waals surface area (Å²) < 4.78 is 5.10. The minimum absolute atomic E-state index is 0.0303. The van der Waals surface area contributed by atoms with Gasteiger partial charge in [-0.15, -0.1) is 0 Å². The number of hydrazone groups is 1. The molecule has 1 aliphatic rings. The lowest BCUT2D eigenvalue weighted by Gasteiger charge is -2.24. The predicted octanol–water partition coefficient (Wildman–Crippen LogP) is 2.39. The number of carbonyl (C=O) groups excluding carboxylic acids is 2. The Morgan fingerprint density at radius 1 is 1.22 bits per heavy atom. The maximum atomic E-state index is 12.4. The summed E-state index contributed by atoms with van der Waals surface area (Å²) in [6.07, 6.45) is 0.425. The summed E-state index contributed by atoms with van der Waals surface area (Å²) in [5.41, 5.74) is 2.76. The third-order valence-electron chi connectivity index (χ3n) is 4.18. The van der Waals surface area contributed by atoms with Gasteiger partial charge in [0.25, 0.3) is 5.91 Å². The van der Waals surface area contributed by atoms with E-state index in [1.807, 2.05) is 32.0 Å². The molecule has 2 aromatic rings. The second-order valence-electron chi connectivity index (χ2n) is 6.30. The van der Waals surface area contributed by atoms with Crippen molar-refractivity contribution in [2.75, 3.05) is 5.01 Å². The van der Waals surface area contributed by atoms with E-state index in [0.29, 0.717) is 11.4 Å². The molecule has 0 radical (unpaired) electrons. The molecule has 2 heterocycles. The molecule has 1 aliphatic heterocycles. The van der Waals surface area contributed by atoms with Gasteiger partial charge in [0.2, 0.25) is 11.7 Å². The number of anilines is 1. The molecule has 2 amide bonds. The molecule has 1 aromatic carbocycles. The fourth-order valence-corrected chi connectivity index (χ4v) is 2.71. The second kappa shape index (κ2) is 7.45. The normalized spacial score (nSPS) is 14.1. The molecule has 8 heteroatoms. The molecule has 2 N–H and O–H groups in total. The number of nitrogens with one attached hydrogen (secondary N) is 1. The molecular weight excluding hydrogens is 350 g/mol. The highest BCUT2D eigenvalue weighted by Gasteiger charge is 2.26. The lowest BCUT2D eigenvalue weighted by Crippen LogP contribution is -2.39. The maximum Gasteiger partial charge on any atom is 0.371 e. The van der Waals surface area contributed by atoms with Gasteiger partial charge in [-0.25, -0.2) is 9.80 Å². The largest absolute Gasteiger partial charge is 0.475 e. The average Bonchev–Trinajstić information content (AvgIpc) is 3.12. The smallest absolute Gasteiger partial charge is 0.371 e. The topological polar surface area (TPSA) is 112 Å². The standard InChI is InChI=1S/C19H19N3O5/c1-11-3-4-12(2)15(9-11)22-17(23)8-6-14(21-22)18(24)20-10-13-5-7-16(27-13)19(25)26/h3-5,7,9H,6,8,10H2,1-2H3,(H,20,24)(H,25,26). The number of carboxylic acids is 1. The van der Waals surface area contributed by atoms with Crippen molar-refractivity contribution in [1.82, 2.24) is 5.32 Å². The molecule has 8 nitrogen and oxygen atoms in total. The molecule has 27 heavy (non-hydrogen) atoms. The highest BCUT2D eigenvalue weighted by Crippen LogP contribution is 2.25. The van der Waals surface area contributed by atoms with E-state index in [4.69, 9.17) is 9.52 Å². The Morgan fingerprint density at radius 2 is 2.00 bits per heavy atom. The molecular formula is C19H19N3O5. The van der Waals surface area contributed by atoms with Crippen molar-refractivity contribution >= 4 is 29.2 Å². The van der Waals surface area contributed by atoms with Crippen LogP contribution < -0.4 is 10.3 Å². The van der Waals surface area contributed by atoms with Crippen molar-refractivity contribution in [3.63, 3.8) is 0 Å². The van der Waals surface area contributed by atoms with Gasteiger partial charge in [-0.2, -0.15) is 5.10 Å². The van der Waals surface area contributed by atoms with Crippen LogP contribution in [0.1, 0.15) is 40.3 Å². The number of nitrogens with zero attached hydrogens (tertiary/aromatic N) is 2. The van der Waals surface area contributed by atoms with Crippen LogP contribution in [0.2, 0.25) is 0 Å². The van der Waals surface area contributed by atoms with Crippen molar-refractivity contribution in [2.24, 2.45) is 5.10 Å². The quantitative estimate of drug-likeness (QED) is 0.840. The van der Waals surface area contributed by atoms with Gasteiger partial charge in [-0.3, -0.25) is 9.59 Å². The van der Waals surface area contributed by atoms with Gasteiger partial charge < -0.3 is 14.8 Å². The van der Waals surface area contributed by atoms with Crippen LogP contribution in [0.25, 0.3) is 0 Å². The Bertz CT molecular complexity index is 945. The number of amides is 2. The van der Waals surface area contributed by atoms with Crippen LogP contribution in [0, 0.1) is 13.8 Å². The number of aromatic carboxylic acids is 1. The Morgan fingerprint density at radius 3 is 2.70 bits per heavy atom. The summed E-state index contributed by atoms with van der Waals surface area (Å²) in [7, 11) is 0. The molecule has 3 rings (SSSR count). The molecule has 0 atom stereocenters. The minimum atomic E-state index is -1.17. The van der Waals surface area contributed by atoms with Crippen LogP contribution in [0.4, 0.5) is 5.69 Å². The maximum absolute atomic E-state index is 12.4. The summed E-state index contributed by atoms with van der Waals surface area (Å²) >= 11 is 0. The third kappa shape index (κ3) is 4.05. The number of benzene rings is 1. The van der Waals surface area contributed by atoms with Crippen LogP contribution >= 0.6 is 0 Å². The number of hydrogen-bond acceptors (Lipinski definition) is 5. The number of aryl methyl sites for hydroxylation is 2. The fraction of sp³-hybridized carbons (Fsp3) is 0.263. The lowest BCUT2D eigenvalue weighted by molar-refractivity contribution is -0.119. The molecule has 1 aromatic heterocycles. The molecule has 0 saturated carbocycles. The van der Waals surface area contributed by atoms with Crippen LogP contribution in [0.3, 0.4) is 0 Å². The monoisotopic (exact) mass is 369 g/mol. The molecule has 0 saturated heterocycles. The van der Waals surface area contributed by atoms with Crippen molar-refractivity contribution in [2.45, 2.75) is 33.2 Å². The molecule has 140 valence electrons. The van der Waals surface area contributed by atoms with Crippen LogP contribution in [-0.2, 0) is 16.1 Å². The molecule has 0 unspecified atom stereocenters. The van der Waals surface area contributed by atoms with E-state index in [2.05, 4.69) is 10.4 Å². The zero-order valence-electron chi connectivity index (χ0n) is 15.0. The van der Waals surface area contributed by atoms with E-state index in [0.717, 1.165) is 11.1 Å². The average molecular weight is 369 g/mol. The van der Waals surface area contributed by atoms with Crippen LogP contribution in [0.5, 0.6) is 0 Å². The first-order valence-electron chi connectivity index (χ1n) is 8.43. The second-order valence-corrected chi connectivity index (χ2v) is 6.30. The Hall–Kier alpha value is -3.42. The number of carbonyl (C=O) groups is 3. The molecule has 0 aliphatic carbocycles. The third-order valence-corrected chi connectivity index (χ3v) is 4.18. The van der Waals surface area contributed by atoms with Gasteiger partial charge in [-0.1, -0.05) is 12.1 Å². The van der Waals surface area contributed by atoms with Crippen LogP contribution in [0.15, 0.2) is 39.9 Å². The number of hydrogen-bond donors (Lipinski definition) is 2. The highest BCUT2D eigenvalue weighted by molar-refractivity contribution is 6.40. The number of furan rings is 1. The summed E-state index contributed by atoms with van der Waals surface area (Å²) in [6, 6.07) is 8.51. The summed E-state index contributed by atoms with van der Waals surface area (Å²) in [6.45, 7) is 3.83. The Balaban J connectivity index is 1.74. The van der Waals surface area contributed by atoms with Gasteiger partial charge in [0.05, 0.1) is 12.2 Å². The first-order chi connectivity index (χ1) is 12.8. The van der Waals surface area contributed by atoms with Gasteiger partial charge in [0.1, 0.15) is 11.5 Å². The van der Waals surface area contributed by atoms with Gasteiger partial charge >= 0.3 is 5.97 Å². The summed E-state index contributed by atoms with van der Waals surface area (Å²) in [5, 5.41) is 17.0. The van der Waals surface area contributed by atoms with Crippen LogP contribution in [-0.4, -0.2) is 28.6 Å². The molecule has 0 fully saturated rings. The first kappa shape index (κ1) is 18.4. The SMILES string of the molecule is Cc1ccc(C)c(N2N=C(C(=O)NCc3ccc(C(=O)O)o3)CCC2=O)c1. The van der Waals surface area contributed by atoms with Gasteiger partial charge in [-0.05, 0) is 43.2 Å². The highest BCUT2D eigenvalue weighted by atomic mass is 16.4. The predicted molar refractivity (Wildman–Crippen MR) is 97.6 cm³/mol. The number of carboxylic acid groups (broad SMARTS) is 1. The Kier molecular flexibility index (Phi) is 5.07. The van der Waals surface area contributed by atoms with Crippen molar-refractivity contribution < 1.29 is 23.9 Å². The van der Waals surface area contributed by atoms with E-state index < -0.39 is 11.9 Å². The minimum Gasteiger partial charge on any atom is -0.475 e. The fourth-order valence-electron chi connectivity index (χ4n) is 2.71. The van der Waals surface area contributed by atoms with Crippen molar-refractivity contribution in [3.05, 3.63) is 53.0 Å². The first-order valence-corrected chi connectivity index (χ1v) is 8.43. The number of rotatable bonds is 5. The Labute approximate surface area is 155 Å². The molecule has 0 bridgehead atoms. The van der Waals surface area contributed by atoms with E-state index in [1.54, 1.807) is 0 Å². The zero-order chi connectivity index (χ0) is 19.6. The molecule has 0 spiro atoms. The van der Waals surface area contributed by atoms with Crippen molar-refractivity contribution in [1.29, 1.82) is 0 Å².